The number of ether oxygens (including phenoxy) is 1. The number of hydrogen-bond acceptors (Lipinski definition) is 5. The molecule has 0 aromatic heterocycles. The number of halogens is 2. The second-order valence-corrected chi connectivity index (χ2v) is 5.92. The summed E-state index contributed by atoms with van der Waals surface area (Å²) >= 11 is 0. The molecule has 0 aliphatic heterocycles. The Morgan fingerprint density at radius 1 is 1.13 bits per heavy atom. The van der Waals surface area contributed by atoms with E-state index < -0.39 is 27.2 Å². The van der Waals surface area contributed by atoms with Crippen LogP contribution in [0.25, 0.3) is 0 Å². The predicted molar refractivity (Wildman–Crippen MR) is 77.0 cm³/mol. The molecule has 0 aliphatic rings. The first kappa shape index (κ1) is 16.6. The fourth-order valence-corrected chi connectivity index (χ4v) is 2.83. The molecule has 7 nitrogen and oxygen atoms in total. The van der Waals surface area contributed by atoms with E-state index in [2.05, 4.69) is 9.46 Å². The van der Waals surface area contributed by atoms with E-state index in [4.69, 9.17) is 0 Å². The highest BCUT2D eigenvalue weighted by atomic mass is 32.2. The first-order valence-electron chi connectivity index (χ1n) is 6.11. The van der Waals surface area contributed by atoms with Crippen molar-refractivity contribution in [3.05, 3.63) is 58.6 Å². The van der Waals surface area contributed by atoms with E-state index in [1.54, 1.807) is 0 Å². The van der Waals surface area contributed by atoms with Crippen molar-refractivity contribution in [3.63, 3.8) is 0 Å². The van der Waals surface area contributed by atoms with Crippen LogP contribution in [0.2, 0.25) is 0 Å². The average molecular weight is 344 g/mol. The zero-order valence-electron chi connectivity index (χ0n) is 11.3. The van der Waals surface area contributed by atoms with Crippen molar-refractivity contribution in [2.24, 2.45) is 0 Å². The molecule has 2 rings (SSSR count). The standard InChI is InChI=1S/C13H10F2N2O5S/c14-13(15)22-12-7-2-1-6-11(12)16-23(20,21)10-5-3-4-9(8-10)17(18)19/h1-8,13,16H. The molecule has 122 valence electrons. The average Bonchev–Trinajstić information content (AvgIpc) is 2.48. The maximum Gasteiger partial charge on any atom is 0.387 e. The molecule has 23 heavy (non-hydrogen) atoms. The smallest absolute Gasteiger partial charge is 0.387 e. The number of anilines is 1. The third kappa shape index (κ3) is 4.13. The molecule has 0 spiro atoms. The Bertz CT molecular complexity index is 827. The third-order valence-electron chi connectivity index (χ3n) is 2.69. The molecule has 0 bridgehead atoms. The van der Waals surface area contributed by atoms with Crippen LogP contribution in [0, 0.1) is 10.1 Å². The van der Waals surface area contributed by atoms with Gasteiger partial charge in [-0.25, -0.2) is 8.42 Å². The van der Waals surface area contributed by atoms with E-state index in [1.165, 1.54) is 24.3 Å². The van der Waals surface area contributed by atoms with Crippen LogP contribution < -0.4 is 9.46 Å². The number of nitrogens with one attached hydrogen (secondary N) is 1. The summed E-state index contributed by atoms with van der Waals surface area (Å²) in [5.41, 5.74) is -0.621. The topological polar surface area (TPSA) is 98.5 Å². The van der Waals surface area contributed by atoms with Gasteiger partial charge in [0.15, 0.2) is 0 Å². The highest BCUT2D eigenvalue weighted by Crippen LogP contribution is 2.28. The number of para-hydroxylation sites is 2. The van der Waals surface area contributed by atoms with Crippen molar-refractivity contribution in [2.75, 3.05) is 4.72 Å². The minimum absolute atomic E-state index is 0.209. The van der Waals surface area contributed by atoms with Gasteiger partial charge in [-0.15, -0.1) is 0 Å². The van der Waals surface area contributed by atoms with E-state index >= 15 is 0 Å². The van der Waals surface area contributed by atoms with E-state index in [0.29, 0.717) is 0 Å². The van der Waals surface area contributed by atoms with Gasteiger partial charge in [-0.3, -0.25) is 14.8 Å². The van der Waals surface area contributed by atoms with Gasteiger partial charge < -0.3 is 4.74 Å². The Labute approximate surface area is 129 Å². The van der Waals surface area contributed by atoms with Crippen LogP contribution in [0.1, 0.15) is 0 Å². The largest absolute Gasteiger partial charge is 0.433 e. The summed E-state index contributed by atoms with van der Waals surface area (Å²) in [5.74, 6) is -0.364. The van der Waals surface area contributed by atoms with Crippen molar-refractivity contribution in [1.82, 2.24) is 0 Å². The first-order chi connectivity index (χ1) is 10.8. The molecule has 0 saturated heterocycles. The van der Waals surface area contributed by atoms with Gasteiger partial charge in [-0.2, -0.15) is 8.78 Å². The van der Waals surface area contributed by atoms with Gasteiger partial charge in [0, 0.05) is 12.1 Å². The highest BCUT2D eigenvalue weighted by molar-refractivity contribution is 7.92. The second kappa shape index (κ2) is 6.57. The van der Waals surface area contributed by atoms with Crippen molar-refractivity contribution in [1.29, 1.82) is 0 Å². The van der Waals surface area contributed by atoms with Gasteiger partial charge in [0.05, 0.1) is 15.5 Å². The molecule has 0 unspecified atom stereocenters. The van der Waals surface area contributed by atoms with Gasteiger partial charge in [0.1, 0.15) is 5.75 Å². The normalized spacial score (nSPS) is 11.3. The lowest BCUT2D eigenvalue weighted by Crippen LogP contribution is -2.14. The first-order valence-corrected chi connectivity index (χ1v) is 7.59. The Balaban J connectivity index is 2.36. The molecule has 2 aromatic rings. The molecule has 0 aliphatic carbocycles. The van der Waals surface area contributed by atoms with Gasteiger partial charge in [-0.05, 0) is 18.2 Å². The number of benzene rings is 2. The molecule has 10 heteroatoms. The van der Waals surface area contributed by atoms with Crippen LogP contribution in [0.5, 0.6) is 5.75 Å². The quantitative estimate of drug-likeness (QED) is 0.641. The van der Waals surface area contributed by atoms with E-state index in [0.717, 1.165) is 24.3 Å². The van der Waals surface area contributed by atoms with Crippen molar-refractivity contribution >= 4 is 21.4 Å². The van der Waals surface area contributed by atoms with Crippen LogP contribution in [0.4, 0.5) is 20.2 Å². The molecule has 2 aromatic carbocycles. The summed E-state index contributed by atoms with van der Waals surface area (Å²) in [6.07, 6.45) is 0. The Kier molecular flexibility index (Phi) is 4.74. The number of alkyl halides is 2. The maximum atomic E-state index is 12.3. The summed E-state index contributed by atoms with van der Waals surface area (Å²) in [6, 6.07) is 9.54. The Hall–Kier alpha value is -2.75. The number of sulfonamides is 1. The number of nitro groups is 1. The monoisotopic (exact) mass is 344 g/mol. The number of hydrogen-bond donors (Lipinski definition) is 1. The molecular formula is C13H10F2N2O5S. The SMILES string of the molecule is O=[N+]([O-])c1cccc(S(=O)(=O)Nc2ccccc2OC(F)F)c1. The molecular weight excluding hydrogens is 334 g/mol. The number of nitrogens with zero attached hydrogens (tertiary/aromatic N) is 1. The van der Waals surface area contributed by atoms with Crippen LogP contribution in [-0.2, 0) is 10.0 Å². The third-order valence-corrected chi connectivity index (χ3v) is 4.05. The van der Waals surface area contributed by atoms with Gasteiger partial charge >= 0.3 is 6.61 Å². The fraction of sp³-hybridized carbons (Fsp3) is 0.0769. The van der Waals surface area contributed by atoms with Crippen molar-refractivity contribution in [3.8, 4) is 5.75 Å². The van der Waals surface area contributed by atoms with Gasteiger partial charge in [0.2, 0.25) is 0 Å². The van der Waals surface area contributed by atoms with E-state index in [9.17, 15) is 27.3 Å². The van der Waals surface area contributed by atoms with Crippen LogP contribution in [0.3, 0.4) is 0 Å². The molecule has 0 amide bonds. The molecule has 0 radical (unpaired) electrons. The predicted octanol–water partition coefficient (Wildman–Crippen LogP) is 3.00. The van der Waals surface area contributed by atoms with Crippen LogP contribution >= 0.6 is 0 Å². The molecule has 0 atom stereocenters. The maximum absolute atomic E-state index is 12.3. The molecule has 1 N–H and O–H groups in total. The highest BCUT2D eigenvalue weighted by Gasteiger charge is 2.20. The van der Waals surface area contributed by atoms with E-state index in [1.807, 2.05) is 0 Å². The zero-order valence-corrected chi connectivity index (χ0v) is 12.2. The Morgan fingerprint density at radius 2 is 1.83 bits per heavy atom. The van der Waals surface area contributed by atoms with Crippen molar-refractivity contribution < 1.29 is 26.9 Å². The van der Waals surface area contributed by atoms with Gasteiger partial charge in [-0.1, -0.05) is 18.2 Å². The van der Waals surface area contributed by atoms with E-state index in [-0.39, 0.29) is 16.3 Å². The lowest BCUT2D eigenvalue weighted by molar-refractivity contribution is -0.385. The Morgan fingerprint density at radius 3 is 2.48 bits per heavy atom. The van der Waals surface area contributed by atoms with Crippen molar-refractivity contribution in [2.45, 2.75) is 11.5 Å². The number of non-ortho nitro benzene ring substituents is 1. The van der Waals surface area contributed by atoms with Gasteiger partial charge in [0.25, 0.3) is 15.7 Å². The molecule has 0 fully saturated rings. The summed E-state index contributed by atoms with van der Waals surface area (Å²) in [4.78, 5) is 9.58. The summed E-state index contributed by atoms with van der Waals surface area (Å²) in [6.45, 7) is -3.13. The summed E-state index contributed by atoms with van der Waals surface area (Å²) < 4.78 is 55.4. The molecule has 0 saturated carbocycles. The second-order valence-electron chi connectivity index (χ2n) is 4.23. The minimum Gasteiger partial charge on any atom is -0.433 e. The number of rotatable bonds is 6. The summed E-state index contributed by atoms with van der Waals surface area (Å²) in [5, 5.41) is 10.7. The van der Waals surface area contributed by atoms with Crippen LogP contribution in [0.15, 0.2) is 53.4 Å². The lowest BCUT2D eigenvalue weighted by Gasteiger charge is -2.12. The summed E-state index contributed by atoms with van der Waals surface area (Å²) in [7, 11) is -4.21. The fourth-order valence-electron chi connectivity index (χ4n) is 1.72. The zero-order chi connectivity index (χ0) is 17.0. The molecule has 0 heterocycles. The van der Waals surface area contributed by atoms with Crippen LogP contribution in [-0.4, -0.2) is 20.0 Å². The lowest BCUT2D eigenvalue weighted by atomic mass is 10.3. The number of nitro benzene ring substituents is 1. The minimum atomic E-state index is -4.21.